The molecule has 334 valence electrons. The number of aromatic nitrogens is 4. The average molecular weight is 881 g/mol. The van der Waals surface area contributed by atoms with Gasteiger partial charge in [-0.05, 0) is 99.7 Å². The van der Waals surface area contributed by atoms with Crippen molar-refractivity contribution < 1.29 is 43.1 Å². The minimum absolute atomic E-state index is 0.00195. The third kappa shape index (κ3) is 10.5. The van der Waals surface area contributed by atoms with Gasteiger partial charge in [0.2, 0.25) is 12.0 Å². The topological polar surface area (TPSA) is 160 Å². The van der Waals surface area contributed by atoms with E-state index in [-0.39, 0.29) is 49.7 Å². The summed E-state index contributed by atoms with van der Waals surface area (Å²) in [5.74, 6) is 1.90. The van der Waals surface area contributed by atoms with E-state index in [9.17, 15) is 9.90 Å². The van der Waals surface area contributed by atoms with Crippen molar-refractivity contribution in [1.29, 1.82) is 0 Å². The molecule has 3 fully saturated rings. The summed E-state index contributed by atoms with van der Waals surface area (Å²) < 4.78 is 43.6. The zero-order valence-electron chi connectivity index (χ0n) is 36.2. The Labute approximate surface area is 371 Å². The van der Waals surface area contributed by atoms with E-state index in [4.69, 9.17) is 38.1 Å². The van der Waals surface area contributed by atoms with E-state index in [1.165, 1.54) is 17.7 Å². The number of hydrogen-bond donors (Lipinski definition) is 1. The molecule has 5 aromatic rings. The molecule has 4 aliphatic heterocycles. The summed E-state index contributed by atoms with van der Waals surface area (Å²) in [6, 6.07) is 11.5. The maximum atomic E-state index is 13.1. The number of fused-ring (bicyclic) bond motifs is 7. The number of nitrogens with zero attached hydrogens (tertiary/aromatic N) is 6. The van der Waals surface area contributed by atoms with Crippen molar-refractivity contribution >= 4 is 27.5 Å². The molecular formula is C47H56N6O9S. The summed E-state index contributed by atoms with van der Waals surface area (Å²) in [5, 5.41) is 13.4. The fourth-order valence-electron chi connectivity index (χ4n) is 9.03. The number of rotatable bonds is 10. The first-order valence-electron chi connectivity index (χ1n) is 22.0. The summed E-state index contributed by atoms with van der Waals surface area (Å²) in [5.41, 5.74) is 5.24. The maximum absolute atomic E-state index is 13.1. The van der Waals surface area contributed by atoms with Gasteiger partial charge in [0.25, 0.3) is 0 Å². The third-order valence-corrected chi connectivity index (χ3v) is 13.3. The lowest BCUT2D eigenvalue weighted by molar-refractivity contribution is -0.145. The van der Waals surface area contributed by atoms with E-state index < -0.39 is 12.1 Å². The van der Waals surface area contributed by atoms with Gasteiger partial charge in [0.05, 0.1) is 43.6 Å². The number of carbonyl (C=O) groups is 1. The lowest BCUT2D eigenvalue weighted by Crippen LogP contribution is -2.49. The van der Waals surface area contributed by atoms with Crippen LogP contribution in [0, 0.1) is 13.8 Å². The Kier molecular flexibility index (Phi) is 13.6. The Morgan fingerprint density at radius 2 is 1.75 bits per heavy atom. The van der Waals surface area contributed by atoms with Crippen LogP contribution in [-0.4, -0.2) is 138 Å². The molecule has 3 atom stereocenters. The van der Waals surface area contributed by atoms with Gasteiger partial charge in [-0.25, -0.2) is 24.7 Å². The Hall–Kier alpha value is -4.97. The van der Waals surface area contributed by atoms with Crippen molar-refractivity contribution in [3.05, 3.63) is 82.5 Å². The van der Waals surface area contributed by atoms with Crippen LogP contribution in [0.15, 0.2) is 54.3 Å². The van der Waals surface area contributed by atoms with E-state index in [0.717, 1.165) is 91.4 Å². The predicted molar refractivity (Wildman–Crippen MR) is 236 cm³/mol. The highest BCUT2D eigenvalue weighted by molar-refractivity contribution is 7.17. The molecule has 0 spiro atoms. The number of thiophene rings is 1. The molecule has 0 amide bonds. The van der Waals surface area contributed by atoms with Crippen molar-refractivity contribution in [2.45, 2.75) is 82.9 Å². The Morgan fingerprint density at radius 1 is 0.921 bits per heavy atom. The highest BCUT2D eigenvalue weighted by atomic mass is 32.1. The van der Waals surface area contributed by atoms with Gasteiger partial charge in [-0.15, -0.1) is 11.3 Å². The van der Waals surface area contributed by atoms with Gasteiger partial charge in [0.15, 0.2) is 0 Å². The van der Waals surface area contributed by atoms with Crippen LogP contribution in [0.5, 0.6) is 23.1 Å². The molecule has 15 nitrogen and oxygen atoms in total. The highest BCUT2D eigenvalue weighted by Crippen LogP contribution is 2.42. The summed E-state index contributed by atoms with van der Waals surface area (Å²) >= 11 is 1.47. The van der Waals surface area contributed by atoms with Crippen molar-refractivity contribution in [2.75, 3.05) is 72.8 Å². The number of carboxylic acid groups (broad SMARTS) is 1. The van der Waals surface area contributed by atoms with E-state index in [1.807, 2.05) is 29.6 Å². The van der Waals surface area contributed by atoms with Crippen LogP contribution < -0.4 is 18.9 Å². The Bertz CT molecular complexity index is 2340. The van der Waals surface area contributed by atoms with Crippen molar-refractivity contribution in [2.24, 2.45) is 0 Å². The van der Waals surface area contributed by atoms with E-state index in [0.29, 0.717) is 60.3 Å². The molecule has 0 radical (unpaired) electrons. The Balaban J connectivity index is 0.968. The first kappa shape index (κ1) is 43.3. The van der Waals surface area contributed by atoms with Gasteiger partial charge in [-0.1, -0.05) is 0 Å². The Morgan fingerprint density at radius 3 is 2.52 bits per heavy atom. The predicted octanol–water partition coefficient (Wildman–Crippen LogP) is 6.26. The lowest BCUT2D eigenvalue weighted by Gasteiger charge is -2.34. The molecule has 7 heterocycles. The summed E-state index contributed by atoms with van der Waals surface area (Å²) in [6.07, 6.45) is 5.46. The fraction of sp³-hybridized carbons (Fsp3) is 0.511. The highest BCUT2D eigenvalue weighted by Gasteiger charge is 2.29. The first-order chi connectivity index (χ1) is 30.7. The van der Waals surface area contributed by atoms with Gasteiger partial charge in [-0.2, -0.15) is 0 Å². The smallest absolute Gasteiger partial charge is 0.345 e. The molecule has 4 bridgehead atoms. The third-order valence-electron chi connectivity index (χ3n) is 12.4. The number of hydrogen-bond acceptors (Lipinski definition) is 15. The SMILES string of the molecule is Cc1cc2cc(C)c1-c1csc3ncnc(c13)OC(C(=O)O)Cc1cc(ccc1OCc1ccnc(C3CCC(OCC4COCCO4)CC3)n1)OCC(CN1CCN(C)CC1)O2. The molecule has 1 aliphatic carbocycles. The van der Waals surface area contributed by atoms with E-state index in [1.54, 1.807) is 6.20 Å². The molecule has 63 heavy (non-hydrogen) atoms. The van der Waals surface area contributed by atoms with Crippen LogP contribution in [0.2, 0.25) is 0 Å². The van der Waals surface area contributed by atoms with Crippen molar-refractivity contribution in [3.8, 4) is 34.3 Å². The molecule has 3 aromatic heterocycles. The van der Waals surface area contributed by atoms with E-state index >= 15 is 0 Å². The van der Waals surface area contributed by atoms with Gasteiger partial charge in [0.1, 0.15) is 59.7 Å². The standard InChI is InChI=1S/C47H56N6O9S/c1-29-18-36-19-30(2)42(29)39-27-63-46-43(39)45(49-28-50-46)62-41(47(54)55)21-32-20-35(59-25-37(61-36)22-53-14-12-52(3)13-15-53)8-9-40(32)60-23-33-10-11-48-44(51-33)31-4-6-34(7-5-31)58-26-38-24-56-16-17-57-38/h8-11,18-20,27-28,31,34,37-38,41H,4-7,12-17,21-26H2,1-3H3,(H,54,55). The summed E-state index contributed by atoms with van der Waals surface area (Å²) in [4.78, 5) is 37.2. The quantitative estimate of drug-likeness (QED) is 0.167. The number of aliphatic carboxylic acids is 1. The van der Waals surface area contributed by atoms with Gasteiger partial charge in [0, 0.05) is 67.8 Å². The second-order valence-electron chi connectivity index (χ2n) is 17.1. The molecule has 16 heteroatoms. The monoisotopic (exact) mass is 880 g/mol. The largest absolute Gasteiger partial charge is 0.490 e. The van der Waals surface area contributed by atoms with E-state index in [2.05, 4.69) is 57.8 Å². The molecule has 2 aromatic carbocycles. The van der Waals surface area contributed by atoms with Crippen LogP contribution in [0.25, 0.3) is 21.3 Å². The van der Waals surface area contributed by atoms with Gasteiger partial charge in [-0.3, -0.25) is 4.90 Å². The van der Waals surface area contributed by atoms with Crippen LogP contribution in [0.3, 0.4) is 0 Å². The minimum Gasteiger partial charge on any atom is -0.490 e. The molecule has 3 unspecified atom stereocenters. The second-order valence-corrected chi connectivity index (χ2v) is 17.9. The molecule has 10 rings (SSSR count). The molecule has 5 aliphatic rings. The molecule has 1 saturated carbocycles. The number of likely N-dealkylation sites (N-methyl/N-ethyl adjacent to an activating group) is 1. The molecule has 1 N–H and O–H groups in total. The summed E-state index contributed by atoms with van der Waals surface area (Å²) in [7, 11) is 2.15. The molecule has 2 saturated heterocycles. The zero-order chi connectivity index (χ0) is 43.3. The van der Waals surface area contributed by atoms with Crippen molar-refractivity contribution in [1.82, 2.24) is 29.7 Å². The minimum atomic E-state index is -1.31. The van der Waals surface area contributed by atoms with Crippen LogP contribution in [0.4, 0.5) is 0 Å². The van der Waals surface area contributed by atoms with Gasteiger partial charge < -0.3 is 43.2 Å². The normalized spacial score (nSPS) is 23.6. The first-order valence-corrected chi connectivity index (χ1v) is 22.9. The van der Waals surface area contributed by atoms with Crippen LogP contribution in [0.1, 0.15) is 59.8 Å². The summed E-state index contributed by atoms with van der Waals surface area (Å²) in [6.45, 7) is 11.5. The van der Waals surface area contributed by atoms with Crippen molar-refractivity contribution in [3.63, 3.8) is 0 Å². The lowest BCUT2D eigenvalue weighted by atomic mass is 9.86. The van der Waals surface area contributed by atoms with Crippen LogP contribution in [-0.2, 0) is 32.0 Å². The average Bonchev–Trinajstić information content (AvgIpc) is 3.72. The van der Waals surface area contributed by atoms with Gasteiger partial charge >= 0.3 is 5.97 Å². The number of piperazine rings is 1. The number of carboxylic acids is 1. The number of benzene rings is 2. The van der Waals surface area contributed by atoms with Crippen LogP contribution >= 0.6 is 11.3 Å². The zero-order valence-corrected chi connectivity index (χ0v) is 37.0. The second kappa shape index (κ2) is 19.8. The fourth-order valence-corrected chi connectivity index (χ4v) is 9.92. The number of aryl methyl sites for hydroxylation is 2. The maximum Gasteiger partial charge on any atom is 0.345 e. The molecular weight excluding hydrogens is 825 g/mol. The number of ether oxygens (including phenoxy) is 7.